The summed E-state index contributed by atoms with van der Waals surface area (Å²) in [6.45, 7) is 2.82. The van der Waals surface area contributed by atoms with Crippen molar-refractivity contribution in [3.63, 3.8) is 0 Å². The molecule has 1 aromatic heterocycles. The van der Waals surface area contributed by atoms with E-state index in [4.69, 9.17) is 5.73 Å². The topological polar surface area (TPSA) is 222 Å². The Kier molecular flexibility index (Phi) is 16.3. The van der Waals surface area contributed by atoms with Crippen molar-refractivity contribution in [2.75, 3.05) is 34.3 Å². The number of hydrogen-bond acceptors (Lipinski definition) is 8. The van der Waals surface area contributed by atoms with Gasteiger partial charge >= 0.3 is 0 Å². The van der Waals surface area contributed by atoms with E-state index < -0.39 is 72.3 Å². The Balaban J connectivity index is 2.24. The molecule has 15 nitrogen and oxygen atoms in total. The van der Waals surface area contributed by atoms with Crippen LogP contribution in [0.4, 0.5) is 0 Å². The summed E-state index contributed by atoms with van der Waals surface area (Å²) in [6.07, 6.45) is 4.79. The van der Waals surface area contributed by atoms with E-state index in [-0.39, 0.29) is 19.3 Å². The maximum Gasteiger partial charge on any atom is 0.243 e. The number of aromatic nitrogens is 1. The number of benzene rings is 1. The molecule has 5 atom stereocenters. The molecule has 268 valence electrons. The van der Waals surface area contributed by atoms with Gasteiger partial charge in [0.15, 0.2) is 0 Å². The fourth-order valence-electron chi connectivity index (χ4n) is 4.90. The predicted octanol–water partition coefficient (Wildman–Crippen LogP) is -1.32. The van der Waals surface area contributed by atoms with Crippen LogP contribution in [-0.4, -0.2) is 115 Å². The van der Waals surface area contributed by atoms with E-state index in [2.05, 4.69) is 31.6 Å². The lowest BCUT2D eigenvalue weighted by Gasteiger charge is -2.27. The largest absolute Gasteiger partial charge is 0.394 e. The molecule has 0 spiro atoms. The van der Waals surface area contributed by atoms with E-state index in [1.54, 1.807) is 18.3 Å². The number of nitrogens with one attached hydrogen (secondary N) is 5. The smallest absolute Gasteiger partial charge is 0.243 e. The average molecular weight is 684 g/mol. The summed E-state index contributed by atoms with van der Waals surface area (Å²) in [6, 6.07) is 6.74. The number of amides is 6. The van der Waals surface area contributed by atoms with Crippen LogP contribution in [0.3, 0.4) is 0 Å². The highest BCUT2D eigenvalue weighted by Gasteiger charge is 2.31. The second-order valence-electron chi connectivity index (χ2n) is 13.0. The van der Waals surface area contributed by atoms with Gasteiger partial charge in [-0.15, -0.1) is 0 Å². The number of nitrogens with two attached hydrogens (primary N) is 1. The van der Waals surface area contributed by atoms with Crippen LogP contribution >= 0.6 is 0 Å². The third-order valence-electron chi connectivity index (χ3n) is 7.57. The zero-order chi connectivity index (χ0) is 36.6. The predicted molar refractivity (Wildman–Crippen MR) is 182 cm³/mol. The summed E-state index contributed by atoms with van der Waals surface area (Å²) in [5, 5.41) is 22.5. The van der Waals surface area contributed by atoms with Crippen LogP contribution in [-0.2, 0) is 41.6 Å². The Morgan fingerprint density at radius 3 is 1.86 bits per heavy atom. The molecule has 0 bridgehead atoms. The summed E-state index contributed by atoms with van der Waals surface area (Å²) < 4.78 is 0.698. The van der Waals surface area contributed by atoms with Crippen LogP contribution in [0, 0.1) is 0 Å². The molecule has 49 heavy (non-hydrogen) atoms. The first-order valence-corrected chi connectivity index (χ1v) is 16.2. The first-order valence-electron chi connectivity index (χ1n) is 16.2. The quantitative estimate of drug-likeness (QED) is 0.0654. The second kappa shape index (κ2) is 19.8. The third-order valence-corrected chi connectivity index (χ3v) is 7.57. The number of carbonyl (C=O) groups is 6. The molecule has 0 radical (unpaired) electrons. The summed E-state index contributed by atoms with van der Waals surface area (Å²) in [7, 11) is 6.09. The van der Waals surface area contributed by atoms with E-state index in [0.717, 1.165) is 18.5 Å². The number of pyridine rings is 1. The normalized spacial score (nSPS) is 14.2. The van der Waals surface area contributed by atoms with E-state index in [0.29, 0.717) is 16.5 Å². The molecule has 8 N–H and O–H groups in total. The SMILES string of the molecule is CC(=O)N[C@@H](Cc1ccccc1)C(=O)N[C@@H](C)C(=O)N[C@@H](Cc1cccnc1)C(=O)N[C@@H](CCCC[N+](C)(C)C)C(=O)N[C@@H](CO)C(N)=O. The lowest BCUT2D eigenvalue weighted by Crippen LogP contribution is -2.59. The average Bonchev–Trinajstić information content (AvgIpc) is 3.04. The fourth-order valence-corrected chi connectivity index (χ4v) is 4.90. The number of aliphatic hydroxyl groups is 1. The van der Waals surface area contributed by atoms with Crippen molar-refractivity contribution in [1.82, 2.24) is 31.6 Å². The Labute approximate surface area is 287 Å². The molecular weight excluding hydrogens is 632 g/mol. The van der Waals surface area contributed by atoms with Crippen molar-refractivity contribution in [2.24, 2.45) is 5.73 Å². The first-order chi connectivity index (χ1) is 23.1. The van der Waals surface area contributed by atoms with Gasteiger partial charge in [0.1, 0.15) is 30.2 Å². The number of quaternary nitrogens is 1. The van der Waals surface area contributed by atoms with Crippen LogP contribution in [0.1, 0.15) is 44.2 Å². The summed E-state index contributed by atoms with van der Waals surface area (Å²) in [5.41, 5.74) is 6.71. The molecule has 0 aliphatic heterocycles. The maximum absolute atomic E-state index is 13.8. The molecule has 1 heterocycles. The Morgan fingerprint density at radius 2 is 1.29 bits per heavy atom. The number of unbranched alkanes of at least 4 members (excludes halogenated alkanes) is 1. The van der Waals surface area contributed by atoms with Gasteiger partial charge in [-0.3, -0.25) is 33.8 Å². The number of primary amides is 1. The molecule has 0 unspecified atom stereocenters. The number of carbonyl (C=O) groups excluding carboxylic acids is 6. The number of aliphatic hydroxyl groups excluding tert-OH is 1. The molecule has 0 saturated carbocycles. The van der Waals surface area contributed by atoms with E-state index >= 15 is 0 Å². The lowest BCUT2D eigenvalue weighted by atomic mass is 10.0. The van der Waals surface area contributed by atoms with Gasteiger partial charge in [0, 0.05) is 32.2 Å². The number of nitrogens with zero attached hydrogens (tertiary/aromatic N) is 2. The Morgan fingerprint density at radius 1 is 0.735 bits per heavy atom. The highest BCUT2D eigenvalue weighted by atomic mass is 16.3. The molecule has 1 aromatic carbocycles. The summed E-state index contributed by atoms with van der Waals surface area (Å²) in [5.74, 6) is -4.04. The van der Waals surface area contributed by atoms with Crippen molar-refractivity contribution < 1.29 is 38.4 Å². The first kappa shape index (κ1) is 40.3. The minimum atomic E-state index is -1.35. The molecule has 0 aliphatic rings. The maximum atomic E-state index is 13.8. The van der Waals surface area contributed by atoms with Gasteiger partial charge < -0.3 is 41.9 Å². The molecule has 0 fully saturated rings. The van der Waals surface area contributed by atoms with Crippen LogP contribution in [0.2, 0.25) is 0 Å². The molecule has 2 aromatic rings. The molecule has 15 heteroatoms. The Hall–Kier alpha value is -4.89. The molecule has 0 saturated heterocycles. The zero-order valence-corrected chi connectivity index (χ0v) is 28.9. The van der Waals surface area contributed by atoms with Crippen LogP contribution in [0.25, 0.3) is 0 Å². The highest BCUT2D eigenvalue weighted by molar-refractivity contribution is 5.96. The lowest BCUT2D eigenvalue weighted by molar-refractivity contribution is -0.870. The van der Waals surface area contributed by atoms with Crippen LogP contribution < -0.4 is 32.3 Å². The van der Waals surface area contributed by atoms with Gasteiger partial charge in [0.05, 0.1) is 34.3 Å². The minimum Gasteiger partial charge on any atom is -0.394 e. The molecular formula is C34H51N8O7+. The van der Waals surface area contributed by atoms with Crippen molar-refractivity contribution in [3.8, 4) is 0 Å². The third kappa shape index (κ3) is 15.3. The van der Waals surface area contributed by atoms with Crippen molar-refractivity contribution in [3.05, 3.63) is 66.0 Å². The zero-order valence-electron chi connectivity index (χ0n) is 28.9. The molecule has 6 amide bonds. The van der Waals surface area contributed by atoms with Gasteiger partial charge in [0.2, 0.25) is 35.4 Å². The van der Waals surface area contributed by atoms with Crippen LogP contribution in [0.5, 0.6) is 0 Å². The second-order valence-corrected chi connectivity index (χ2v) is 13.0. The van der Waals surface area contributed by atoms with Gasteiger partial charge in [0.25, 0.3) is 0 Å². The molecule has 2 rings (SSSR count). The minimum absolute atomic E-state index is 0.00496. The number of rotatable bonds is 20. The van der Waals surface area contributed by atoms with Gasteiger partial charge in [-0.05, 0) is 43.4 Å². The Bertz CT molecular complexity index is 1400. The van der Waals surface area contributed by atoms with Crippen LogP contribution in [0.15, 0.2) is 54.9 Å². The van der Waals surface area contributed by atoms with E-state index in [1.807, 2.05) is 51.5 Å². The monoisotopic (exact) mass is 683 g/mol. The van der Waals surface area contributed by atoms with E-state index in [9.17, 15) is 33.9 Å². The molecule has 0 aliphatic carbocycles. The standard InChI is InChI=1S/C34H50N8O7/c1-22(37-33(48)27(38-23(2)44)18-24-12-7-6-8-13-24)31(46)40-28(19-25-14-11-16-36-20-25)34(49)39-26(15-9-10-17-42(3,4)5)32(47)41-29(21-43)30(35)45/h6-8,11-14,16,20,22,26-29,43H,9-10,15,17-19,21H2,1-5H3,(H6-,35,37,38,39,40,41,44,45,46,47,48,49)/p+1/t22-,26-,27-,28-,29-/m0/s1. The van der Waals surface area contributed by atoms with Gasteiger partial charge in [-0.1, -0.05) is 36.4 Å². The van der Waals surface area contributed by atoms with Crippen molar-refractivity contribution in [1.29, 1.82) is 0 Å². The van der Waals surface area contributed by atoms with Gasteiger partial charge in [-0.25, -0.2) is 0 Å². The van der Waals surface area contributed by atoms with Gasteiger partial charge in [-0.2, -0.15) is 0 Å². The number of hydrogen-bond donors (Lipinski definition) is 7. The summed E-state index contributed by atoms with van der Waals surface area (Å²) in [4.78, 5) is 81.2. The van der Waals surface area contributed by atoms with Crippen molar-refractivity contribution in [2.45, 2.75) is 76.2 Å². The highest BCUT2D eigenvalue weighted by Crippen LogP contribution is 2.09. The van der Waals surface area contributed by atoms with E-state index in [1.165, 1.54) is 20.0 Å². The summed E-state index contributed by atoms with van der Waals surface area (Å²) >= 11 is 0. The fraction of sp³-hybridized carbons (Fsp3) is 0.500. The van der Waals surface area contributed by atoms with Crippen molar-refractivity contribution >= 4 is 35.4 Å².